The Morgan fingerprint density at radius 2 is 1.91 bits per heavy atom. The second-order valence-electron chi connectivity index (χ2n) is 6.58. The van der Waals surface area contributed by atoms with Crippen LogP contribution in [-0.2, 0) is 0 Å². The summed E-state index contributed by atoms with van der Waals surface area (Å²) in [5, 5.41) is 19.8. The lowest BCUT2D eigenvalue weighted by Crippen LogP contribution is -2.58. The molecule has 0 spiro atoms. The average Bonchev–Trinajstić information content (AvgIpc) is 3.03. The van der Waals surface area contributed by atoms with Crippen molar-refractivity contribution in [1.29, 1.82) is 10.5 Å². The topological polar surface area (TPSA) is 47.6 Å². The quantitative estimate of drug-likeness (QED) is 0.632. The minimum atomic E-state index is 0.327. The van der Waals surface area contributed by atoms with Gasteiger partial charge in [-0.15, -0.1) is 11.3 Å². The Bertz CT molecular complexity index is 816. The Labute approximate surface area is 140 Å². The number of quaternary nitrogens is 1. The maximum Gasteiger partial charge on any atom is 0.168 e. The maximum absolute atomic E-state index is 9.26. The van der Waals surface area contributed by atoms with Crippen LogP contribution in [0.15, 0.2) is 36.4 Å². The van der Waals surface area contributed by atoms with Gasteiger partial charge in [-0.3, -0.25) is 4.48 Å². The molecule has 3 nitrogen and oxygen atoms in total. The summed E-state index contributed by atoms with van der Waals surface area (Å²) in [6.45, 7) is 0.915. The second-order valence-corrected chi connectivity index (χ2v) is 7.66. The summed E-state index contributed by atoms with van der Waals surface area (Å²) in [6, 6.07) is 16.2. The van der Waals surface area contributed by atoms with Crippen LogP contribution in [0, 0.1) is 22.7 Å². The van der Waals surface area contributed by atoms with Gasteiger partial charge in [0.2, 0.25) is 0 Å². The zero-order valence-electron chi connectivity index (χ0n) is 12.9. The van der Waals surface area contributed by atoms with Gasteiger partial charge in [0.25, 0.3) is 0 Å². The van der Waals surface area contributed by atoms with Gasteiger partial charge >= 0.3 is 0 Å². The van der Waals surface area contributed by atoms with Crippen molar-refractivity contribution in [2.24, 2.45) is 0 Å². The highest BCUT2D eigenvalue weighted by molar-refractivity contribution is 7.20. The fourth-order valence-electron chi connectivity index (χ4n) is 4.35. The standard InChI is InChI=1S/C19H18N3S/c20-7-9-22(10-8-21)16-5-6-17(22)12-15(11-16)19-13-14-3-1-2-4-18(14)23-19/h1-4,11,13,16-17H,5-6,9-10,12H2/q+1. The van der Waals surface area contributed by atoms with Gasteiger partial charge in [0.05, 0.1) is 6.04 Å². The van der Waals surface area contributed by atoms with Crippen LogP contribution in [0.25, 0.3) is 15.7 Å². The average molecular weight is 320 g/mol. The van der Waals surface area contributed by atoms with Crippen molar-refractivity contribution in [2.75, 3.05) is 13.1 Å². The first-order valence-corrected chi connectivity index (χ1v) is 8.88. The summed E-state index contributed by atoms with van der Waals surface area (Å²) in [5.41, 5.74) is 1.42. The molecule has 4 heteroatoms. The van der Waals surface area contributed by atoms with E-state index in [0.29, 0.717) is 29.7 Å². The van der Waals surface area contributed by atoms with E-state index in [9.17, 15) is 10.5 Å². The van der Waals surface area contributed by atoms with Crippen LogP contribution in [0.4, 0.5) is 0 Å². The molecule has 2 bridgehead atoms. The summed E-state index contributed by atoms with van der Waals surface area (Å²) in [5.74, 6) is 0. The lowest BCUT2D eigenvalue weighted by atomic mass is 9.96. The van der Waals surface area contributed by atoms with Crippen molar-refractivity contribution < 1.29 is 4.48 Å². The predicted octanol–water partition coefficient (Wildman–Crippen LogP) is 4.08. The second kappa shape index (κ2) is 5.49. The van der Waals surface area contributed by atoms with E-state index in [4.69, 9.17) is 0 Å². The first-order chi connectivity index (χ1) is 11.3. The van der Waals surface area contributed by atoms with Gasteiger partial charge in [-0.25, -0.2) is 0 Å². The third-order valence-corrected chi connectivity index (χ3v) is 6.70. The minimum absolute atomic E-state index is 0.327. The molecule has 4 rings (SSSR count). The highest BCUT2D eigenvalue weighted by Gasteiger charge is 2.51. The van der Waals surface area contributed by atoms with Crippen LogP contribution < -0.4 is 0 Å². The Morgan fingerprint density at radius 3 is 2.61 bits per heavy atom. The normalized spacial score (nSPS) is 24.9. The molecule has 1 saturated heterocycles. The van der Waals surface area contributed by atoms with Gasteiger partial charge in [-0.2, -0.15) is 10.5 Å². The van der Waals surface area contributed by atoms with Gasteiger partial charge in [0.1, 0.15) is 18.2 Å². The Hall–Kier alpha value is -2.14. The molecule has 1 aromatic carbocycles. The van der Waals surface area contributed by atoms with E-state index >= 15 is 0 Å². The molecule has 1 aromatic heterocycles. The first kappa shape index (κ1) is 14.5. The number of benzene rings is 1. The van der Waals surface area contributed by atoms with Crippen molar-refractivity contribution in [1.82, 2.24) is 0 Å². The molecule has 2 unspecified atom stereocenters. The van der Waals surface area contributed by atoms with Crippen LogP contribution in [-0.4, -0.2) is 29.7 Å². The van der Waals surface area contributed by atoms with Crippen LogP contribution in [0.2, 0.25) is 0 Å². The number of hydrogen-bond donors (Lipinski definition) is 0. The van der Waals surface area contributed by atoms with E-state index < -0.39 is 0 Å². The fraction of sp³-hybridized carbons (Fsp3) is 0.368. The highest BCUT2D eigenvalue weighted by Crippen LogP contribution is 2.45. The third kappa shape index (κ3) is 2.18. The van der Waals surface area contributed by atoms with Gasteiger partial charge in [-0.05, 0) is 29.2 Å². The molecule has 0 N–H and O–H groups in total. The van der Waals surface area contributed by atoms with Gasteiger partial charge in [0.15, 0.2) is 13.1 Å². The van der Waals surface area contributed by atoms with Crippen LogP contribution in [0.1, 0.15) is 24.1 Å². The Kier molecular flexibility index (Phi) is 3.45. The molecule has 0 amide bonds. The summed E-state index contributed by atoms with van der Waals surface area (Å²) in [4.78, 5) is 1.36. The molecule has 2 aromatic rings. The van der Waals surface area contributed by atoms with Crippen LogP contribution >= 0.6 is 11.3 Å². The fourth-order valence-corrected chi connectivity index (χ4v) is 5.45. The molecule has 23 heavy (non-hydrogen) atoms. The molecule has 2 atom stereocenters. The number of fused-ring (bicyclic) bond motifs is 3. The summed E-state index contributed by atoms with van der Waals surface area (Å²) >= 11 is 1.86. The number of thiophene rings is 1. The van der Waals surface area contributed by atoms with Crippen molar-refractivity contribution in [3.8, 4) is 12.1 Å². The summed E-state index contributed by atoms with van der Waals surface area (Å²) in [7, 11) is 0. The molecule has 114 valence electrons. The lowest BCUT2D eigenvalue weighted by molar-refractivity contribution is -0.943. The molecule has 1 fully saturated rings. The third-order valence-electron chi connectivity index (χ3n) is 5.50. The smallest absolute Gasteiger partial charge is 0.168 e. The molecule has 2 aliphatic rings. The highest BCUT2D eigenvalue weighted by atomic mass is 32.1. The minimum Gasteiger partial charge on any atom is -0.292 e. The van der Waals surface area contributed by atoms with E-state index in [1.807, 2.05) is 11.3 Å². The van der Waals surface area contributed by atoms with Gasteiger partial charge < -0.3 is 0 Å². The Balaban J connectivity index is 1.74. The molecular formula is C19H18N3S+. The summed E-state index contributed by atoms with van der Waals surface area (Å²) < 4.78 is 2.00. The molecule has 0 saturated carbocycles. The molecule has 2 aliphatic heterocycles. The largest absolute Gasteiger partial charge is 0.292 e. The zero-order valence-corrected chi connectivity index (χ0v) is 13.7. The van der Waals surface area contributed by atoms with E-state index in [-0.39, 0.29) is 0 Å². The van der Waals surface area contributed by atoms with E-state index in [1.54, 1.807) is 0 Å². The molecular weight excluding hydrogens is 302 g/mol. The first-order valence-electron chi connectivity index (χ1n) is 8.07. The van der Waals surface area contributed by atoms with E-state index in [0.717, 1.165) is 19.3 Å². The van der Waals surface area contributed by atoms with Crippen molar-refractivity contribution in [3.05, 3.63) is 41.3 Å². The van der Waals surface area contributed by atoms with E-state index in [2.05, 4.69) is 48.5 Å². The number of hydrogen-bond acceptors (Lipinski definition) is 3. The van der Waals surface area contributed by atoms with Crippen molar-refractivity contribution in [3.63, 3.8) is 0 Å². The monoisotopic (exact) mass is 320 g/mol. The number of nitrogens with zero attached hydrogens (tertiary/aromatic N) is 3. The Morgan fingerprint density at radius 1 is 1.13 bits per heavy atom. The van der Waals surface area contributed by atoms with Gasteiger partial charge in [-0.1, -0.05) is 18.2 Å². The zero-order chi connectivity index (χ0) is 15.9. The van der Waals surface area contributed by atoms with E-state index in [1.165, 1.54) is 20.5 Å². The molecule has 3 heterocycles. The molecule has 0 radical (unpaired) electrons. The molecule has 0 aliphatic carbocycles. The maximum atomic E-state index is 9.26. The number of rotatable bonds is 3. The van der Waals surface area contributed by atoms with Crippen LogP contribution in [0.5, 0.6) is 0 Å². The van der Waals surface area contributed by atoms with Crippen molar-refractivity contribution >= 4 is 27.0 Å². The lowest BCUT2D eigenvalue weighted by Gasteiger charge is -2.43. The predicted molar refractivity (Wildman–Crippen MR) is 92.4 cm³/mol. The van der Waals surface area contributed by atoms with Gasteiger partial charge in [0, 0.05) is 28.8 Å². The number of nitriles is 2. The summed E-state index contributed by atoms with van der Waals surface area (Å²) in [6.07, 6.45) is 5.58. The van der Waals surface area contributed by atoms with Crippen LogP contribution in [0.3, 0.4) is 0 Å². The van der Waals surface area contributed by atoms with Crippen molar-refractivity contribution in [2.45, 2.75) is 31.3 Å². The SMILES string of the molecule is N#CC[N+]1(CC#N)C2C=C(c3cc4ccccc4s3)CC1CC2.